The van der Waals surface area contributed by atoms with Gasteiger partial charge in [0.05, 0.1) is 0 Å². The quantitative estimate of drug-likeness (QED) is 0.824. The number of hydrogen-bond donors (Lipinski definition) is 0. The average Bonchev–Trinajstić information content (AvgIpc) is 2.96. The van der Waals surface area contributed by atoms with E-state index in [1.54, 1.807) is 11.3 Å². The van der Waals surface area contributed by atoms with Crippen molar-refractivity contribution in [1.29, 1.82) is 0 Å². The van der Waals surface area contributed by atoms with Crippen LogP contribution in [0.2, 0.25) is 0 Å². The van der Waals surface area contributed by atoms with Gasteiger partial charge in [-0.15, -0.1) is 11.3 Å². The maximum absolute atomic E-state index is 12.7. The summed E-state index contributed by atoms with van der Waals surface area (Å²) in [6.07, 6.45) is 2.32. The summed E-state index contributed by atoms with van der Waals surface area (Å²) < 4.78 is 0. The number of hydrogen-bond acceptors (Lipinski definition) is 3. The van der Waals surface area contributed by atoms with Crippen molar-refractivity contribution in [2.24, 2.45) is 5.92 Å². The molecule has 3 nitrogen and oxygen atoms in total. The first-order valence-electron chi connectivity index (χ1n) is 7.88. The Morgan fingerprint density at radius 2 is 1.95 bits per heavy atom. The van der Waals surface area contributed by atoms with Crippen molar-refractivity contribution in [1.82, 2.24) is 9.88 Å². The van der Waals surface area contributed by atoms with Crippen LogP contribution in [0, 0.1) is 12.8 Å². The lowest BCUT2D eigenvalue weighted by molar-refractivity contribution is 0.0574. The van der Waals surface area contributed by atoms with Crippen LogP contribution in [0.25, 0.3) is 10.6 Å². The summed E-state index contributed by atoms with van der Waals surface area (Å²) in [5, 5.41) is 3.06. The lowest BCUT2D eigenvalue weighted by Gasteiger charge is -2.36. The molecule has 4 heteroatoms. The molecule has 0 spiro atoms. The number of piperidine rings is 1. The summed E-state index contributed by atoms with van der Waals surface area (Å²) >= 11 is 1.64. The highest BCUT2D eigenvalue weighted by molar-refractivity contribution is 7.13. The summed E-state index contributed by atoms with van der Waals surface area (Å²) in [6.45, 7) is 7.24. The van der Waals surface area contributed by atoms with E-state index in [2.05, 4.69) is 18.8 Å². The third-order valence-electron chi connectivity index (χ3n) is 4.38. The van der Waals surface area contributed by atoms with Crippen LogP contribution in [0.4, 0.5) is 0 Å². The highest BCUT2D eigenvalue weighted by Gasteiger charge is 2.27. The first-order valence-corrected chi connectivity index (χ1v) is 8.76. The fraction of sp³-hybridized carbons (Fsp3) is 0.444. The summed E-state index contributed by atoms with van der Waals surface area (Å²) in [4.78, 5) is 19.2. The van der Waals surface area contributed by atoms with Crippen LogP contribution in [-0.2, 0) is 0 Å². The zero-order valence-corrected chi connectivity index (χ0v) is 14.2. The number of nitrogens with zero attached hydrogens (tertiary/aromatic N) is 2. The van der Waals surface area contributed by atoms with E-state index in [-0.39, 0.29) is 5.91 Å². The van der Waals surface area contributed by atoms with Crippen LogP contribution in [0.5, 0.6) is 0 Å². The molecule has 1 aliphatic heterocycles. The molecule has 1 amide bonds. The summed E-state index contributed by atoms with van der Waals surface area (Å²) in [5.74, 6) is 0.749. The molecule has 0 aliphatic carbocycles. The van der Waals surface area contributed by atoms with Gasteiger partial charge in [-0.2, -0.15) is 0 Å². The molecule has 0 radical (unpaired) electrons. The predicted molar refractivity (Wildman–Crippen MR) is 91.2 cm³/mol. The van der Waals surface area contributed by atoms with Crippen LogP contribution in [-0.4, -0.2) is 28.4 Å². The largest absolute Gasteiger partial charge is 0.336 e. The Kier molecular flexibility index (Phi) is 4.30. The lowest BCUT2D eigenvalue weighted by Crippen LogP contribution is -2.44. The number of aromatic nitrogens is 1. The van der Waals surface area contributed by atoms with Crippen molar-refractivity contribution in [2.45, 2.75) is 39.7 Å². The van der Waals surface area contributed by atoms with E-state index in [0.717, 1.165) is 34.8 Å². The van der Waals surface area contributed by atoms with Gasteiger partial charge >= 0.3 is 0 Å². The fourth-order valence-corrected chi connectivity index (χ4v) is 3.78. The van der Waals surface area contributed by atoms with Gasteiger partial charge in [0.25, 0.3) is 5.91 Å². The molecule has 2 heterocycles. The van der Waals surface area contributed by atoms with Crippen molar-refractivity contribution in [3.05, 3.63) is 40.9 Å². The molecule has 1 saturated heterocycles. The number of carbonyl (C=O) groups excluding carboxylic acids is 1. The molecule has 2 aromatic rings. The van der Waals surface area contributed by atoms with Gasteiger partial charge in [-0.3, -0.25) is 4.79 Å². The lowest BCUT2D eigenvalue weighted by atomic mass is 9.94. The third-order valence-corrected chi connectivity index (χ3v) is 5.39. The first-order chi connectivity index (χ1) is 10.5. The second-order valence-corrected chi connectivity index (χ2v) is 7.22. The highest BCUT2D eigenvalue weighted by atomic mass is 32.1. The number of carbonyl (C=O) groups is 1. The average molecular weight is 314 g/mol. The molecule has 22 heavy (non-hydrogen) atoms. The Morgan fingerprint density at radius 3 is 2.59 bits per heavy atom. The third kappa shape index (κ3) is 3.07. The maximum atomic E-state index is 12.7. The second kappa shape index (κ2) is 6.21. The van der Waals surface area contributed by atoms with Crippen molar-refractivity contribution >= 4 is 17.2 Å². The van der Waals surface area contributed by atoms with Gasteiger partial charge in [0.2, 0.25) is 0 Å². The summed E-state index contributed by atoms with van der Waals surface area (Å²) in [6, 6.07) is 8.21. The van der Waals surface area contributed by atoms with E-state index in [0.29, 0.717) is 12.0 Å². The molecule has 116 valence electrons. The van der Waals surface area contributed by atoms with Crippen LogP contribution in [0.1, 0.15) is 42.7 Å². The van der Waals surface area contributed by atoms with Gasteiger partial charge in [0.15, 0.2) is 0 Å². The Labute approximate surface area is 136 Å². The van der Waals surface area contributed by atoms with Crippen molar-refractivity contribution in [2.75, 3.05) is 6.54 Å². The molecule has 1 fully saturated rings. The smallest absolute Gasteiger partial charge is 0.254 e. The van der Waals surface area contributed by atoms with E-state index in [1.807, 2.05) is 41.5 Å². The predicted octanol–water partition coefficient (Wildman–Crippen LogP) is 4.38. The van der Waals surface area contributed by atoms with E-state index in [9.17, 15) is 4.79 Å². The number of benzene rings is 1. The molecule has 0 N–H and O–H groups in total. The van der Waals surface area contributed by atoms with E-state index >= 15 is 0 Å². The molecule has 0 saturated carbocycles. The van der Waals surface area contributed by atoms with E-state index < -0.39 is 0 Å². The number of likely N-dealkylation sites (tertiary alicyclic amines) is 1. The van der Waals surface area contributed by atoms with Gasteiger partial charge in [0, 0.05) is 34.8 Å². The minimum absolute atomic E-state index is 0.154. The minimum atomic E-state index is 0.154. The number of aryl methyl sites for hydroxylation is 1. The van der Waals surface area contributed by atoms with Crippen LogP contribution in [0.15, 0.2) is 29.6 Å². The van der Waals surface area contributed by atoms with Crippen LogP contribution < -0.4 is 0 Å². The standard InChI is InChI=1S/C18H22N2OS/c1-12-4-5-14(3)20(10-12)18(21)16-8-6-15(7-9-16)17-19-13(2)11-22-17/h6-9,11-12,14H,4-5,10H2,1-3H3. The molecule has 1 aromatic heterocycles. The fourth-order valence-electron chi connectivity index (χ4n) is 2.98. The summed E-state index contributed by atoms with van der Waals surface area (Å²) in [7, 11) is 0. The van der Waals surface area contributed by atoms with Crippen LogP contribution >= 0.6 is 11.3 Å². The topological polar surface area (TPSA) is 33.2 Å². The van der Waals surface area contributed by atoms with E-state index in [4.69, 9.17) is 0 Å². The van der Waals surface area contributed by atoms with Gasteiger partial charge in [-0.05, 0) is 44.7 Å². The molecule has 3 rings (SSSR count). The molecule has 2 unspecified atom stereocenters. The second-order valence-electron chi connectivity index (χ2n) is 6.36. The Bertz CT molecular complexity index is 662. The normalized spacial score (nSPS) is 21.9. The molecular formula is C18H22N2OS. The zero-order valence-electron chi connectivity index (χ0n) is 13.4. The minimum Gasteiger partial charge on any atom is -0.336 e. The molecule has 1 aromatic carbocycles. The monoisotopic (exact) mass is 314 g/mol. The molecule has 2 atom stereocenters. The first kappa shape index (κ1) is 15.2. The maximum Gasteiger partial charge on any atom is 0.254 e. The number of amides is 1. The summed E-state index contributed by atoms with van der Waals surface area (Å²) in [5.41, 5.74) is 2.89. The van der Waals surface area contributed by atoms with Gasteiger partial charge < -0.3 is 4.90 Å². The van der Waals surface area contributed by atoms with Gasteiger partial charge in [-0.1, -0.05) is 19.1 Å². The SMILES string of the molecule is Cc1csc(-c2ccc(C(=O)N3CC(C)CCC3C)cc2)n1. The van der Waals surface area contributed by atoms with Crippen LogP contribution in [0.3, 0.4) is 0 Å². The van der Waals surface area contributed by atoms with Crippen molar-refractivity contribution < 1.29 is 4.79 Å². The van der Waals surface area contributed by atoms with Gasteiger partial charge in [-0.25, -0.2) is 4.98 Å². The Morgan fingerprint density at radius 1 is 1.23 bits per heavy atom. The molecule has 1 aliphatic rings. The Hall–Kier alpha value is -1.68. The number of thiazole rings is 1. The molecule has 0 bridgehead atoms. The Balaban J connectivity index is 1.78. The van der Waals surface area contributed by atoms with Crippen molar-refractivity contribution in [3.63, 3.8) is 0 Å². The number of rotatable bonds is 2. The van der Waals surface area contributed by atoms with Gasteiger partial charge in [0.1, 0.15) is 5.01 Å². The van der Waals surface area contributed by atoms with Crippen molar-refractivity contribution in [3.8, 4) is 10.6 Å². The van der Waals surface area contributed by atoms with E-state index in [1.165, 1.54) is 6.42 Å². The molecular weight excluding hydrogens is 292 g/mol. The zero-order chi connectivity index (χ0) is 15.7. The highest BCUT2D eigenvalue weighted by Crippen LogP contribution is 2.26.